The molecule has 32 heavy (non-hydrogen) atoms. The number of hydrogen-bond donors (Lipinski definition) is 1. The van der Waals surface area contributed by atoms with Crippen molar-refractivity contribution in [2.45, 2.75) is 29.2 Å². The van der Waals surface area contributed by atoms with Crippen molar-refractivity contribution < 1.29 is 27.4 Å². The summed E-state index contributed by atoms with van der Waals surface area (Å²) in [7, 11) is -4.30. The number of hydrogen-bond acceptors (Lipinski definition) is 5. The Bertz CT molecular complexity index is 1440. The maximum atomic E-state index is 14.8. The predicted octanol–water partition coefficient (Wildman–Crippen LogP) is 3.75. The molecule has 0 bridgehead atoms. The third-order valence-corrected chi connectivity index (χ3v) is 7.12. The van der Waals surface area contributed by atoms with Crippen molar-refractivity contribution in [2.24, 2.45) is 4.99 Å². The first-order valence-corrected chi connectivity index (χ1v) is 11.4. The summed E-state index contributed by atoms with van der Waals surface area (Å²) in [5.74, 6) is -1.21. The van der Waals surface area contributed by atoms with Crippen LogP contribution in [0.4, 0.5) is 4.39 Å². The molecular weight excluding hydrogens is 457 g/mol. The van der Waals surface area contributed by atoms with E-state index < -0.39 is 39.0 Å². The van der Waals surface area contributed by atoms with Gasteiger partial charge in [0.05, 0.1) is 22.7 Å². The summed E-state index contributed by atoms with van der Waals surface area (Å²) >= 11 is 5.85. The SMILES string of the molecule is CC1N=c2ccc(F)c(S(=O)(=O)c3ccc(Oc4ccc(Cl)cc4)cc3)c2=C1CC(=O)O. The average Bonchev–Trinajstić information content (AvgIpc) is 3.04. The van der Waals surface area contributed by atoms with Crippen LogP contribution in [-0.2, 0) is 14.6 Å². The van der Waals surface area contributed by atoms with Crippen molar-refractivity contribution in [3.8, 4) is 11.5 Å². The van der Waals surface area contributed by atoms with E-state index in [9.17, 15) is 22.7 Å². The molecule has 0 saturated carbocycles. The van der Waals surface area contributed by atoms with E-state index in [1.54, 1.807) is 31.2 Å². The molecule has 6 nitrogen and oxygen atoms in total. The second kappa shape index (κ2) is 8.37. The van der Waals surface area contributed by atoms with Gasteiger partial charge in [-0.3, -0.25) is 9.79 Å². The molecule has 1 N–H and O–H groups in total. The monoisotopic (exact) mass is 473 g/mol. The van der Waals surface area contributed by atoms with Gasteiger partial charge in [0, 0.05) is 10.2 Å². The molecule has 0 fully saturated rings. The van der Waals surface area contributed by atoms with Crippen molar-refractivity contribution in [2.75, 3.05) is 0 Å². The van der Waals surface area contributed by atoms with E-state index in [-0.39, 0.29) is 21.0 Å². The van der Waals surface area contributed by atoms with Gasteiger partial charge in [-0.1, -0.05) is 11.6 Å². The maximum absolute atomic E-state index is 14.8. The first-order chi connectivity index (χ1) is 15.2. The minimum Gasteiger partial charge on any atom is -0.481 e. The van der Waals surface area contributed by atoms with E-state index >= 15 is 0 Å². The van der Waals surface area contributed by atoms with E-state index in [1.807, 2.05) is 0 Å². The highest BCUT2D eigenvalue weighted by Crippen LogP contribution is 2.27. The van der Waals surface area contributed by atoms with Gasteiger partial charge in [0.15, 0.2) is 0 Å². The van der Waals surface area contributed by atoms with Gasteiger partial charge < -0.3 is 9.84 Å². The fraction of sp³-hybridized carbons (Fsp3) is 0.130. The number of carboxylic acid groups (broad SMARTS) is 1. The predicted molar refractivity (Wildman–Crippen MR) is 116 cm³/mol. The zero-order valence-electron chi connectivity index (χ0n) is 16.7. The summed E-state index contributed by atoms with van der Waals surface area (Å²) in [5, 5.41) is 10.1. The molecule has 0 aromatic heterocycles. The number of rotatable bonds is 6. The molecule has 1 aliphatic rings. The van der Waals surface area contributed by atoms with Gasteiger partial charge in [-0.15, -0.1) is 0 Å². The zero-order valence-corrected chi connectivity index (χ0v) is 18.3. The molecule has 3 aromatic carbocycles. The summed E-state index contributed by atoms with van der Waals surface area (Å²) in [6, 6.07) is 14.0. The Morgan fingerprint density at radius 3 is 2.25 bits per heavy atom. The number of halogens is 2. The van der Waals surface area contributed by atoms with Crippen LogP contribution in [0.5, 0.6) is 11.5 Å². The molecule has 0 aliphatic carbocycles. The van der Waals surface area contributed by atoms with Crippen molar-refractivity contribution >= 4 is 33.0 Å². The van der Waals surface area contributed by atoms with Crippen LogP contribution >= 0.6 is 11.6 Å². The van der Waals surface area contributed by atoms with E-state index in [1.165, 1.54) is 30.3 Å². The Morgan fingerprint density at radius 1 is 1.06 bits per heavy atom. The number of carboxylic acids is 1. The Hall–Kier alpha value is -3.23. The lowest BCUT2D eigenvalue weighted by molar-refractivity contribution is -0.135. The van der Waals surface area contributed by atoms with Gasteiger partial charge in [-0.05, 0) is 73.2 Å². The van der Waals surface area contributed by atoms with Crippen molar-refractivity contribution in [3.05, 3.63) is 82.1 Å². The van der Waals surface area contributed by atoms with Crippen LogP contribution in [0.15, 0.2) is 75.4 Å². The third kappa shape index (κ3) is 4.11. The molecule has 3 aromatic rings. The summed E-state index contributed by atoms with van der Waals surface area (Å²) < 4.78 is 47.2. The van der Waals surface area contributed by atoms with Crippen LogP contribution in [0.25, 0.3) is 5.57 Å². The highest BCUT2D eigenvalue weighted by Gasteiger charge is 2.29. The topological polar surface area (TPSA) is 93.0 Å². The van der Waals surface area contributed by atoms with Crippen LogP contribution in [0.3, 0.4) is 0 Å². The van der Waals surface area contributed by atoms with Gasteiger partial charge in [0.1, 0.15) is 22.2 Å². The third-order valence-electron chi connectivity index (χ3n) is 5.04. The molecule has 164 valence electrons. The minimum atomic E-state index is -4.30. The van der Waals surface area contributed by atoms with Crippen molar-refractivity contribution in [1.29, 1.82) is 0 Å². The van der Waals surface area contributed by atoms with Gasteiger partial charge in [-0.25, -0.2) is 12.8 Å². The number of ether oxygens (including phenoxy) is 1. The number of nitrogens with zero attached hydrogens (tertiary/aromatic N) is 1. The molecule has 1 aliphatic heterocycles. The number of fused-ring (bicyclic) bond motifs is 1. The first-order valence-electron chi connectivity index (χ1n) is 9.56. The number of carbonyl (C=O) groups is 1. The van der Waals surface area contributed by atoms with Gasteiger partial charge in [0.25, 0.3) is 0 Å². The zero-order chi connectivity index (χ0) is 23.0. The van der Waals surface area contributed by atoms with Crippen LogP contribution < -0.4 is 15.3 Å². The quantitative estimate of drug-likeness (QED) is 0.588. The second-order valence-corrected chi connectivity index (χ2v) is 9.53. The Kier molecular flexibility index (Phi) is 5.75. The van der Waals surface area contributed by atoms with E-state index in [0.717, 1.165) is 6.07 Å². The van der Waals surface area contributed by atoms with Crippen LogP contribution in [0.2, 0.25) is 5.02 Å². The first kappa shape index (κ1) is 22.0. The minimum absolute atomic E-state index is 0.0291. The smallest absolute Gasteiger partial charge is 0.307 e. The largest absolute Gasteiger partial charge is 0.481 e. The average molecular weight is 474 g/mol. The molecule has 0 radical (unpaired) electrons. The lowest BCUT2D eigenvalue weighted by Crippen LogP contribution is -2.32. The maximum Gasteiger partial charge on any atom is 0.307 e. The lowest BCUT2D eigenvalue weighted by atomic mass is 10.0. The Morgan fingerprint density at radius 2 is 1.66 bits per heavy atom. The Labute approximate surface area is 188 Å². The fourth-order valence-electron chi connectivity index (χ4n) is 3.57. The second-order valence-electron chi connectivity index (χ2n) is 7.20. The van der Waals surface area contributed by atoms with Crippen LogP contribution in [0, 0.1) is 5.82 Å². The number of aliphatic carboxylic acids is 1. The highest BCUT2D eigenvalue weighted by molar-refractivity contribution is 7.91. The van der Waals surface area contributed by atoms with Crippen LogP contribution in [0.1, 0.15) is 13.3 Å². The molecule has 1 atom stereocenters. The number of sulfone groups is 1. The summed E-state index contributed by atoms with van der Waals surface area (Å²) in [5.41, 5.74) is 0.258. The highest BCUT2D eigenvalue weighted by atomic mass is 35.5. The molecule has 1 heterocycles. The molecule has 0 spiro atoms. The Balaban J connectivity index is 1.78. The molecular formula is C23H17ClFNO5S. The number of benzene rings is 3. The molecule has 0 amide bonds. The molecule has 0 saturated heterocycles. The van der Waals surface area contributed by atoms with Crippen molar-refractivity contribution in [3.63, 3.8) is 0 Å². The summed E-state index contributed by atoms with van der Waals surface area (Å²) in [6.45, 7) is 1.65. The summed E-state index contributed by atoms with van der Waals surface area (Å²) in [4.78, 5) is 14.9. The van der Waals surface area contributed by atoms with E-state index in [2.05, 4.69) is 4.99 Å². The van der Waals surface area contributed by atoms with E-state index in [4.69, 9.17) is 16.3 Å². The lowest BCUT2D eigenvalue weighted by Gasteiger charge is -2.10. The van der Waals surface area contributed by atoms with Gasteiger partial charge >= 0.3 is 5.97 Å². The van der Waals surface area contributed by atoms with Gasteiger partial charge in [0.2, 0.25) is 9.84 Å². The standard InChI is InChI=1S/C23H17ClFNO5S/c1-13-18(12-21(27)28)22-20(26-13)11-10-19(25)23(22)32(29,30)17-8-6-16(7-9-17)31-15-4-2-14(24)3-5-15/h2-11,13H,12H2,1H3,(H,27,28). The van der Waals surface area contributed by atoms with Gasteiger partial charge in [-0.2, -0.15) is 0 Å². The molecule has 1 unspecified atom stereocenters. The normalized spacial score (nSPS) is 15.2. The van der Waals surface area contributed by atoms with Crippen molar-refractivity contribution in [1.82, 2.24) is 0 Å². The fourth-order valence-corrected chi connectivity index (χ4v) is 5.25. The molecule has 9 heteroatoms. The van der Waals surface area contributed by atoms with Crippen LogP contribution in [-0.4, -0.2) is 25.5 Å². The van der Waals surface area contributed by atoms with E-state index in [0.29, 0.717) is 16.5 Å². The summed E-state index contributed by atoms with van der Waals surface area (Å²) in [6.07, 6.45) is -0.433. The molecule has 4 rings (SSSR count).